The number of amides is 1. The molecule has 3 unspecified atom stereocenters. The Morgan fingerprint density at radius 2 is 2.32 bits per heavy atom. The zero-order valence-electron chi connectivity index (χ0n) is 13.9. The third kappa shape index (κ3) is 2.84. The molecule has 2 aromatic heterocycles. The fourth-order valence-electron chi connectivity index (χ4n) is 4.68. The first-order valence-electron chi connectivity index (χ1n) is 8.98. The number of aromatic amines is 2. The fourth-order valence-corrected chi connectivity index (χ4v) is 5.22. The lowest BCUT2D eigenvalue weighted by Crippen LogP contribution is -2.20. The second kappa shape index (κ2) is 5.95. The Balaban J connectivity index is 1.30. The lowest BCUT2D eigenvalue weighted by atomic mass is 9.86. The van der Waals surface area contributed by atoms with Crippen molar-refractivity contribution in [3.05, 3.63) is 29.1 Å². The largest absolute Gasteiger partial charge is 0.326 e. The molecule has 0 saturated heterocycles. The lowest BCUT2D eigenvalue weighted by molar-refractivity contribution is -0.330. The average molecular weight is 353 g/mol. The highest BCUT2D eigenvalue weighted by atomic mass is 32.1. The molecule has 0 radical (unpaired) electrons. The molecule has 1 aromatic carbocycles. The summed E-state index contributed by atoms with van der Waals surface area (Å²) in [4.78, 5) is 23.4. The van der Waals surface area contributed by atoms with E-state index in [0.29, 0.717) is 12.3 Å². The number of aromatic nitrogens is 3. The van der Waals surface area contributed by atoms with Crippen molar-refractivity contribution in [3.8, 4) is 11.5 Å². The van der Waals surface area contributed by atoms with Crippen LogP contribution in [-0.2, 0) is 4.79 Å². The van der Waals surface area contributed by atoms with Gasteiger partial charge in [0.05, 0.1) is 5.51 Å². The fraction of sp³-hybridized carbons (Fsp3) is 0.421. The monoisotopic (exact) mass is 353 g/mol. The molecule has 5 nitrogen and oxygen atoms in total. The summed E-state index contributed by atoms with van der Waals surface area (Å²) in [5, 5.41) is 5.08. The number of nitrogens with zero attached hydrogens (tertiary/aromatic N) is 1. The maximum atomic E-state index is 12.4. The van der Waals surface area contributed by atoms with Crippen molar-refractivity contribution in [3.63, 3.8) is 0 Å². The predicted molar refractivity (Wildman–Crippen MR) is 98.1 cm³/mol. The molecule has 128 valence electrons. The summed E-state index contributed by atoms with van der Waals surface area (Å²) >= 11 is 1.57. The van der Waals surface area contributed by atoms with Crippen molar-refractivity contribution in [1.82, 2.24) is 9.97 Å². The van der Waals surface area contributed by atoms with Crippen LogP contribution in [0.2, 0.25) is 0 Å². The molecule has 0 spiro atoms. The van der Waals surface area contributed by atoms with Crippen molar-refractivity contribution in [2.75, 3.05) is 5.32 Å². The molecule has 1 amide bonds. The Morgan fingerprint density at radius 1 is 1.36 bits per heavy atom. The van der Waals surface area contributed by atoms with Crippen LogP contribution in [0.4, 0.5) is 5.69 Å². The Kier molecular flexibility index (Phi) is 3.59. The second-order valence-electron chi connectivity index (χ2n) is 7.45. The van der Waals surface area contributed by atoms with Gasteiger partial charge in [0.15, 0.2) is 16.7 Å². The van der Waals surface area contributed by atoms with Crippen LogP contribution in [0.1, 0.15) is 32.1 Å². The van der Waals surface area contributed by atoms with Gasteiger partial charge in [0, 0.05) is 23.6 Å². The van der Waals surface area contributed by atoms with Crippen LogP contribution in [0.3, 0.4) is 0 Å². The molecule has 6 heteroatoms. The molecule has 5 rings (SSSR count). The zero-order valence-corrected chi connectivity index (χ0v) is 14.7. The van der Waals surface area contributed by atoms with Crippen LogP contribution in [0, 0.1) is 17.8 Å². The molecule has 3 N–H and O–H groups in total. The topological polar surface area (TPSA) is 71.9 Å². The quantitative estimate of drug-likeness (QED) is 0.747. The van der Waals surface area contributed by atoms with Crippen LogP contribution >= 0.6 is 11.3 Å². The number of thiazole rings is 1. The van der Waals surface area contributed by atoms with Crippen LogP contribution in [0.15, 0.2) is 29.1 Å². The summed E-state index contributed by atoms with van der Waals surface area (Å²) in [7, 11) is 0. The van der Waals surface area contributed by atoms with Crippen molar-refractivity contribution < 1.29 is 9.78 Å². The molecule has 2 saturated carbocycles. The highest BCUT2D eigenvalue weighted by Gasteiger charge is 2.40. The number of fused-ring (bicyclic) bond motifs is 3. The maximum Gasteiger partial charge on any atom is 0.305 e. The number of hydrogen-bond acceptors (Lipinski definition) is 3. The van der Waals surface area contributed by atoms with E-state index >= 15 is 0 Å². The van der Waals surface area contributed by atoms with Crippen molar-refractivity contribution >= 4 is 34.0 Å². The molecule has 2 aliphatic carbocycles. The van der Waals surface area contributed by atoms with Gasteiger partial charge in [0.25, 0.3) is 0 Å². The highest BCUT2D eigenvalue weighted by Crippen LogP contribution is 2.49. The number of carbonyl (C=O) groups is 1. The molecule has 0 aliphatic heterocycles. The van der Waals surface area contributed by atoms with Gasteiger partial charge in [-0.1, -0.05) is 6.42 Å². The van der Waals surface area contributed by atoms with E-state index in [-0.39, 0.29) is 5.91 Å². The van der Waals surface area contributed by atoms with Crippen LogP contribution < -0.4 is 10.3 Å². The van der Waals surface area contributed by atoms with Crippen molar-refractivity contribution in [1.29, 1.82) is 0 Å². The Morgan fingerprint density at radius 3 is 3.08 bits per heavy atom. The molecule has 2 aliphatic rings. The normalized spacial score (nSPS) is 24.9. The SMILES string of the molecule is O=C(CC1CC2CCC1C2)Nc1ccc2[nH+]c(-c3cscn3)[nH]c2c1. The summed E-state index contributed by atoms with van der Waals surface area (Å²) in [6.45, 7) is 0. The summed E-state index contributed by atoms with van der Waals surface area (Å²) in [5.74, 6) is 3.31. The minimum Gasteiger partial charge on any atom is -0.326 e. The molecule has 2 bridgehead atoms. The van der Waals surface area contributed by atoms with Gasteiger partial charge in [0.1, 0.15) is 0 Å². The van der Waals surface area contributed by atoms with E-state index in [1.165, 1.54) is 25.7 Å². The van der Waals surface area contributed by atoms with Gasteiger partial charge >= 0.3 is 5.82 Å². The van der Waals surface area contributed by atoms with Gasteiger partial charge in [-0.2, -0.15) is 0 Å². The third-order valence-electron chi connectivity index (χ3n) is 5.84. The van der Waals surface area contributed by atoms with E-state index in [4.69, 9.17) is 0 Å². The molecular weight excluding hydrogens is 332 g/mol. The first-order chi connectivity index (χ1) is 12.2. The average Bonchev–Trinajstić information content (AvgIpc) is 3.37. The van der Waals surface area contributed by atoms with Crippen LogP contribution in [0.5, 0.6) is 0 Å². The highest BCUT2D eigenvalue weighted by molar-refractivity contribution is 7.07. The number of anilines is 1. The van der Waals surface area contributed by atoms with E-state index in [1.807, 2.05) is 29.1 Å². The van der Waals surface area contributed by atoms with E-state index in [1.54, 1.807) is 11.3 Å². The van der Waals surface area contributed by atoms with Gasteiger partial charge in [-0.3, -0.25) is 4.79 Å². The standard InChI is InChI=1S/C19H20N4OS/c24-18(7-13-6-11-1-2-12(13)5-11)21-14-3-4-15-16(8-14)23-19(22-15)17-9-25-10-20-17/h3-4,8-13H,1-2,5-7H2,(H,21,24)(H,22,23)/p+1. The van der Waals surface area contributed by atoms with Gasteiger partial charge < -0.3 is 5.32 Å². The summed E-state index contributed by atoms with van der Waals surface area (Å²) < 4.78 is 0. The summed E-state index contributed by atoms with van der Waals surface area (Å²) in [6.07, 6.45) is 5.97. The molecule has 3 aromatic rings. The van der Waals surface area contributed by atoms with E-state index in [9.17, 15) is 4.79 Å². The molecule has 25 heavy (non-hydrogen) atoms. The molecular formula is C19H21N4OS+. The van der Waals surface area contributed by atoms with E-state index < -0.39 is 0 Å². The number of hydrogen-bond donors (Lipinski definition) is 2. The van der Waals surface area contributed by atoms with Crippen molar-refractivity contribution in [2.45, 2.75) is 32.1 Å². The first-order valence-corrected chi connectivity index (χ1v) is 9.92. The van der Waals surface area contributed by atoms with Gasteiger partial charge in [-0.15, -0.1) is 11.3 Å². The smallest absolute Gasteiger partial charge is 0.305 e. The van der Waals surface area contributed by atoms with Gasteiger partial charge in [0.2, 0.25) is 5.91 Å². The number of imidazole rings is 1. The number of carbonyl (C=O) groups excluding carboxylic acids is 1. The molecule has 3 atom stereocenters. The number of benzene rings is 1. The zero-order chi connectivity index (χ0) is 16.8. The third-order valence-corrected chi connectivity index (χ3v) is 6.43. The summed E-state index contributed by atoms with van der Waals surface area (Å²) in [5.41, 5.74) is 5.55. The van der Waals surface area contributed by atoms with Crippen molar-refractivity contribution in [2.24, 2.45) is 17.8 Å². The minimum atomic E-state index is 0.146. The first kappa shape index (κ1) is 15.1. The molecule has 2 heterocycles. The van der Waals surface area contributed by atoms with Crippen LogP contribution in [-0.4, -0.2) is 15.9 Å². The van der Waals surface area contributed by atoms with E-state index in [0.717, 1.165) is 40.1 Å². The maximum absolute atomic E-state index is 12.4. The molecule has 2 fully saturated rings. The Labute approximate surface area is 149 Å². The van der Waals surface area contributed by atoms with E-state index in [2.05, 4.69) is 20.3 Å². The number of H-pyrrole nitrogens is 2. The summed E-state index contributed by atoms with van der Waals surface area (Å²) in [6, 6.07) is 5.94. The number of rotatable bonds is 4. The predicted octanol–water partition coefficient (Wildman–Crippen LogP) is 3.87. The Hall–Kier alpha value is -2.21. The second-order valence-corrected chi connectivity index (χ2v) is 8.16. The lowest BCUT2D eigenvalue weighted by Gasteiger charge is -2.20. The minimum absolute atomic E-state index is 0.146. The Bertz CT molecular complexity index is 917. The van der Waals surface area contributed by atoms with Gasteiger partial charge in [-0.05, 0) is 49.1 Å². The van der Waals surface area contributed by atoms with Crippen LogP contribution in [0.25, 0.3) is 22.6 Å². The number of nitrogens with one attached hydrogen (secondary N) is 3. The van der Waals surface area contributed by atoms with Gasteiger partial charge in [-0.25, -0.2) is 15.0 Å².